The van der Waals surface area contributed by atoms with E-state index in [0.717, 1.165) is 56.0 Å². The van der Waals surface area contributed by atoms with E-state index in [-0.39, 0.29) is 5.91 Å². The zero-order valence-corrected chi connectivity index (χ0v) is 15.6. The quantitative estimate of drug-likeness (QED) is 0.814. The summed E-state index contributed by atoms with van der Waals surface area (Å²) in [5.74, 6) is 1.56. The van der Waals surface area contributed by atoms with Crippen molar-refractivity contribution in [3.05, 3.63) is 42.5 Å². The molecule has 1 saturated heterocycles. The smallest absolute Gasteiger partial charge is 0.266 e. The van der Waals surface area contributed by atoms with Crippen LogP contribution in [0.1, 0.15) is 38.4 Å². The topological polar surface area (TPSA) is 72.6 Å². The first kappa shape index (κ1) is 17.7. The number of likely N-dealkylation sites (tertiary alicyclic amines) is 1. The van der Waals surface area contributed by atoms with Crippen LogP contribution < -0.4 is 0 Å². The number of para-hydroxylation sites is 1. The molecule has 0 bridgehead atoms. The Balaban J connectivity index is 1.32. The van der Waals surface area contributed by atoms with Crippen LogP contribution in [0.2, 0.25) is 0 Å². The van der Waals surface area contributed by atoms with E-state index in [1.807, 2.05) is 34.6 Å². The molecular formula is C20H25N5O2. The Hall–Kier alpha value is -2.70. The Morgan fingerprint density at radius 2 is 2.00 bits per heavy atom. The van der Waals surface area contributed by atoms with Crippen molar-refractivity contribution in [2.45, 2.75) is 45.1 Å². The minimum atomic E-state index is -0.419. The lowest BCUT2D eigenvalue weighted by Gasteiger charge is -2.32. The van der Waals surface area contributed by atoms with Gasteiger partial charge in [-0.3, -0.25) is 9.36 Å². The predicted octanol–water partition coefficient (Wildman–Crippen LogP) is 2.60. The van der Waals surface area contributed by atoms with Crippen molar-refractivity contribution in [1.82, 2.24) is 19.7 Å². The van der Waals surface area contributed by atoms with Crippen molar-refractivity contribution in [1.29, 1.82) is 0 Å². The highest BCUT2D eigenvalue weighted by Gasteiger charge is 2.33. The van der Waals surface area contributed by atoms with Crippen LogP contribution >= 0.6 is 0 Å². The number of nitrogens with zero attached hydrogens (tertiary/aromatic N) is 5. The number of amides is 1. The molecule has 1 atom stereocenters. The maximum atomic E-state index is 12.6. The third-order valence-electron chi connectivity index (χ3n) is 5.46. The molecule has 1 amide bonds. The van der Waals surface area contributed by atoms with Crippen LogP contribution in [0.25, 0.3) is 5.69 Å². The van der Waals surface area contributed by atoms with Gasteiger partial charge in [0.05, 0.1) is 5.71 Å². The summed E-state index contributed by atoms with van der Waals surface area (Å²) in [5, 5.41) is 12.4. The molecule has 0 N–H and O–H groups in total. The van der Waals surface area contributed by atoms with Gasteiger partial charge in [-0.2, -0.15) is 0 Å². The molecule has 2 aliphatic rings. The molecule has 7 heteroatoms. The highest BCUT2D eigenvalue weighted by molar-refractivity contribution is 5.92. The van der Waals surface area contributed by atoms with Gasteiger partial charge in [0.1, 0.15) is 12.2 Å². The Kier molecular flexibility index (Phi) is 5.18. The summed E-state index contributed by atoms with van der Waals surface area (Å²) in [6.07, 6.45) is 5.65. The normalized spacial score (nSPS) is 20.4. The predicted molar refractivity (Wildman–Crippen MR) is 102 cm³/mol. The van der Waals surface area contributed by atoms with Crippen LogP contribution in [-0.2, 0) is 16.1 Å². The van der Waals surface area contributed by atoms with Crippen molar-refractivity contribution in [2.24, 2.45) is 11.1 Å². The Morgan fingerprint density at radius 1 is 1.22 bits per heavy atom. The van der Waals surface area contributed by atoms with Gasteiger partial charge in [0.15, 0.2) is 0 Å². The van der Waals surface area contributed by atoms with Crippen molar-refractivity contribution in [3.63, 3.8) is 0 Å². The van der Waals surface area contributed by atoms with E-state index in [2.05, 4.69) is 27.5 Å². The Labute approximate surface area is 159 Å². The lowest BCUT2D eigenvalue weighted by molar-refractivity contribution is -0.143. The zero-order chi connectivity index (χ0) is 18.6. The van der Waals surface area contributed by atoms with Gasteiger partial charge in [-0.15, -0.1) is 10.2 Å². The number of benzene rings is 1. The number of aromatic nitrogens is 3. The van der Waals surface area contributed by atoms with Crippen LogP contribution in [-0.4, -0.2) is 50.5 Å². The van der Waals surface area contributed by atoms with E-state index in [9.17, 15) is 4.79 Å². The average Bonchev–Trinajstić information content (AvgIpc) is 3.38. The van der Waals surface area contributed by atoms with Gasteiger partial charge in [-0.1, -0.05) is 30.3 Å². The minimum Gasteiger partial charge on any atom is -0.382 e. The SMILES string of the molecule is CCC1=NO[C@H](C(=O)N2CCC(Cc3nncn3-c3ccccc3)CC2)C1. The van der Waals surface area contributed by atoms with Crippen molar-refractivity contribution in [2.75, 3.05) is 13.1 Å². The van der Waals surface area contributed by atoms with Gasteiger partial charge in [0.2, 0.25) is 6.10 Å². The summed E-state index contributed by atoms with van der Waals surface area (Å²) >= 11 is 0. The largest absolute Gasteiger partial charge is 0.382 e. The molecular weight excluding hydrogens is 342 g/mol. The molecule has 27 heavy (non-hydrogen) atoms. The van der Waals surface area contributed by atoms with Gasteiger partial charge >= 0.3 is 0 Å². The number of hydrogen-bond acceptors (Lipinski definition) is 5. The number of oxime groups is 1. The summed E-state index contributed by atoms with van der Waals surface area (Å²) in [5.41, 5.74) is 2.05. The second kappa shape index (κ2) is 7.90. The third-order valence-corrected chi connectivity index (χ3v) is 5.46. The fraction of sp³-hybridized carbons (Fsp3) is 0.500. The van der Waals surface area contributed by atoms with Gasteiger partial charge in [-0.05, 0) is 37.3 Å². The van der Waals surface area contributed by atoms with Gasteiger partial charge < -0.3 is 9.74 Å². The van der Waals surface area contributed by atoms with Crippen LogP contribution in [0.4, 0.5) is 0 Å². The van der Waals surface area contributed by atoms with Gasteiger partial charge in [-0.25, -0.2) is 0 Å². The fourth-order valence-electron chi connectivity index (χ4n) is 3.79. The molecule has 0 saturated carbocycles. The first-order chi connectivity index (χ1) is 13.2. The minimum absolute atomic E-state index is 0.0769. The van der Waals surface area contributed by atoms with Crippen molar-refractivity contribution < 1.29 is 9.63 Å². The standard InChI is InChI=1S/C20H25N5O2/c1-2-16-13-18(27-23-16)20(26)24-10-8-15(9-11-24)12-19-22-21-14-25(19)17-6-4-3-5-7-17/h3-7,14-15,18H,2,8-13H2,1H3/t18-/m0/s1. The van der Waals surface area contributed by atoms with Gasteiger partial charge in [0.25, 0.3) is 5.91 Å². The van der Waals surface area contributed by atoms with E-state index in [0.29, 0.717) is 12.3 Å². The van der Waals surface area contributed by atoms with Crippen LogP contribution in [0.3, 0.4) is 0 Å². The average molecular weight is 367 g/mol. The summed E-state index contributed by atoms with van der Waals surface area (Å²) in [7, 11) is 0. The molecule has 7 nitrogen and oxygen atoms in total. The zero-order valence-electron chi connectivity index (χ0n) is 15.6. The van der Waals surface area contributed by atoms with Crippen LogP contribution in [0, 0.1) is 5.92 Å². The summed E-state index contributed by atoms with van der Waals surface area (Å²) < 4.78 is 2.05. The lowest BCUT2D eigenvalue weighted by atomic mass is 9.92. The van der Waals surface area contributed by atoms with E-state index in [1.54, 1.807) is 6.33 Å². The number of carbonyl (C=O) groups excluding carboxylic acids is 1. The molecule has 0 unspecified atom stereocenters. The van der Waals surface area contributed by atoms with E-state index in [4.69, 9.17) is 4.84 Å². The highest BCUT2D eigenvalue weighted by Crippen LogP contribution is 2.24. The van der Waals surface area contributed by atoms with E-state index >= 15 is 0 Å². The number of rotatable bonds is 5. The molecule has 0 aliphatic carbocycles. The highest BCUT2D eigenvalue weighted by atomic mass is 16.6. The Morgan fingerprint density at radius 3 is 2.70 bits per heavy atom. The summed E-state index contributed by atoms with van der Waals surface area (Å²) in [6, 6.07) is 10.2. The molecule has 0 radical (unpaired) electrons. The molecule has 1 fully saturated rings. The number of carbonyl (C=O) groups is 1. The maximum Gasteiger partial charge on any atom is 0.266 e. The first-order valence-corrected chi connectivity index (χ1v) is 9.69. The molecule has 1 aromatic carbocycles. The molecule has 0 spiro atoms. The van der Waals surface area contributed by atoms with Crippen LogP contribution in [0.5, 0.6) is 0 Å². The van der Waals surface area contributed by atoms with E-state index in [1.165, 1.54) is 0 Å². The molecule has 1 aromatic heterocycles. The molecule has 4 rings (SSSR count). The molecule has 2 aliphatic heterocycles. The second-order valence-electron chi connectivity index (χ2n) is 7.23. The number of piperidine rings is 1. The third kappa shape index (κ3) is 3.86. The monoisotopic (exact) mass is 367 g/mol. The second-order valence-corrected chi connectivity index (χ2v) is 7.23. The summed E-state index contributed by atoms with van der Waals surface area (Å²) in [6.45, 7) is 3.57. The summed E-state index contributed by atoms with van der Waals surface area (Å²) in [4.78, 5) is 19.9. The lowest BCUT2D eigenvalue weighted by Crippen LogP contribution is -2.44. The molecule has 3 heterocycles. The van der Waals surface area contributed by atoms with Gasteiger partial charge in [0, 0.05) is 31.6 Å². The fourth-order valence-corrected chi connectivity index (χ4v) is 3.79. The van der Waals surface area contributed by atoms with Crippen molar-refractivity contribution in [3.8, 4) is 5.69 Å². The van der Waals surface area contributed by atoms with E-state index < -0.39 is 6.10 Å². The van der Waals surface area contributed by atoms with Crippen molar-refractivity contribution >= 4 is 11.6 Å². The first-order valence-electron chi connectivity index (χ1n) is 9.69. The molecule has 142 valence electrons. The van der Waals surface area contributed by atoms with Crippen LogP contribution in [0.15, 0.2) is 41.8 Å². The number of hydrogen-bond donors (Lipinski definition) is 0. The Bertz CT molecular complexity index is 809. The molecule has 2 aromatic rings. The maximum absolute atomic E-state index is 12.6.